The normalized spacial score (nSPS) is 19.3. The first kappa shape index (κ1) is 15.0. The molecule has 1 heterocycles. The highest BCUT2D eigenvalue weighted by Gasteiger charge is 2.47. The fourth-order valence-corrected chi connectivity index (χ4v) is 1.87. The van der Waals surface area contributed by atoms with Crippen LogP contribution in [0.2, 0.25) is 0 Å². The van der Waals surface area contributed by atoms with Gasteiger partial charge in [0, 0.05) is 24.5 Å². The Morgan fingerprint density at radius 2 is 1.72 bits per heavy atom. The minimum Gasteiger partial charge on any atom is -0.481 e. The summed E-state index contributed by atoms with van der Waals surface area (Å²) in [7, 11) is 0. The van der Waals surface area contributed by atoms with E-state index < -0.39 is 22.8 Å². The van der Waals surface area contributed by atoms with Crippen molar-refractivity contribution in [2.24, 2.45) is 23.0 Å². The molecule has 1 aliphatic rings. The van der Waals surface area contributed by atoms with E-state index in [1.165, 1.54) is 0 Å². The van der Waals surface area contributed by atoms with Crippen molar-refractivity contribution < 1.29 is 14.7 Å². The van der Waals surface area contributed by atoms with E-state index in [0.29, 0.717) is 13.1 Å². The lowest BCUT2D eigenvalue weighted by molar-refractivity contribution is -0.157. The van der Waals surface area contributed by atoms with Gasteiger partial charge in [-0.3, -0.25) is 9.59 Å². The minimum atomic E-state index is -0.800. The van der Waals surface area contributed by atoms with Gasteiger partial charge >= 0.3 is 5.97 Å². The monoisotopic (exact) mass is 256 g/mol. The molecular formula is C13H24N2O3. The third-order valence-electron chi connectivity index (χ3n) is 4.44. The Bertz CT molecular complexity index is 352. The van der Waals surface area contributed by atoms with E-state index >= 15 is 0 Å². The summed E-state index contributed by atoms with van der Waals surface area (Å²) in [6, 6.07) is 0. The van der Waals surface area contributed by atoms with Crippen LogP contribution in [0.25, 0.3) is 0 Å². The summed E-state index contributed by atoms with van der Waals surface area (Å²) < 4.78 is 0. The number of nitrogens with zero attached hydrogens (tertiary/aromatic N) is 1. The van der Waals surface area contributed by atoms with Crippen LogP contribution < -0.4 is 5.73 Å². The molecule has 0 aromatic carbocycles. The summed E-state index contributed by atoms with van der Waals surface area (Å²) in [5, 5.41) is 8.91. The van der Waals surface area contributed by atoms with Crippen LogP contribution in [0.3, 0.4) is 0 Å². The Morgan fingerprint density at radius 1 is 1.28 bits per heavy atom. The number of hydrogen-bond acceptors (Lipinski definition) is 3. The fraction of sp³-hybridized carbons (Fsp3) is 0.846. The zero-order valence-corrected chi connectivity index (χ0v) is 11.9. The highest BCUT2D eigenvalue weighted by Crippen LogP contribution is 2.34. The molecule has 0 aliphatic carbocycles. The molecule has 1 saturated heterocycles. The van der Waals surface area contributed by atoms with Crippen LogP contribution in [0.5, 0.6) is 0 Å². The zero-order chi connectivity index (χ0) is 14.3. The summed E-state index contributed by atoms with van der Waals surface area (Å²) in [5.74, 6) is -1.14. The van der Waals surface area contributed by atoms with E-state index in [0.717, 1.165) is 0 Å². The van der Waals surface area contributed by atoms with Crippen LogP contribution in [0.15, 0.2) is 0 Å². The second-order valence-electron chi connectivity index (χ2n) is 6.44. The number of likely N-dealkylation sites (tertiary alicyclic amines) is 1. The Hall–Kier alpha value is -1.10. The molecule has 1 fully saturated rings. The number of nitrogens with two attached hydrogens (primary N) is 1. The van der Waals surface area contributed by atoms with Gasteiger partial charge in [-0.25, -0.2) is 0 Å². The number of amides is 1. The third-order valence-corrected chi connectivity index (χ3v) is 4.44. The molecule has 0 aromatic rings. The first-order valence-electron chi connectivity index (χ1n) is 6.29. The Balaban J connectivity index is 2.62. The smallest absolute Gasteiger partial charge is 0.306 e. The van der Waals surface area contributed by atoms with Crippen LogP contribution >= 0.6 is 0 Å². The molecule has 5 heteroatoms. The molecule has 1 rings (SSSR count). The van der Waals surface area contributed by atoms with Gasteiger partial charge in [0.15, 0.2) is 0 Å². The van der Waals surface area contributed by atoms with Crippen molar-refractivity contribution in [3.8, 4) is 0 Å². The van der Waals surface area contributed by atoms with Crippen molar-refractivity contribution in [2.45, 2.75) is 40.2 Å². The van der Waals surface area contributed by atoms with Gasteiger partial charge in [-0.15, -0.1) is 0 Å². The lowest BCUT2D eigenvalue weighted by atomic mass is 9.73. The maximum atomic E-state index is 12.3. The molecule has 1 aliphatic heterocycles. The van der Waals surface area contributed by atoms with Crippen LogP contribution in [0.4, 0.5) is 0 Å². The quantitative estimate of drug-likeness (QED) is 0.783. The lowest BCUT2D eigenvalue weighted by Gasteiger charge is -2.47. The standard InChI is InChI=1S/C13H24N2O3/c1-8(10(16)17)9-6-15(7-9)11(18)12(2,3)13(4,5)14/h8-9H,6-7,14H2,1-5H3,(H,16,17). The van der Waals surface area contributed by atoms with E-state index in [1.54, 1.807) is 11.8 Å². The molecule has 0 radical (unpaired) electrons. The van der Waals surface area contributed by atoms with Gasteiger partial charge < -0.3 is 15.7 Å². The fourth-order valence-electron chi connectivity index (χ4n) is 1.87. The average Bonchev–Trinajstić information content (AvgIpc) is 2.12. The molecule has 1 amide bonds. The number of carboxylic acid groups (broad SMARTS) is 1. The van der Waals surface area contributed by atoms with Crippen LogP contribution in [-0.2, 0) is 9.59 Å². The highest BCUT2D eigenvalue weighted by molar-refractivity contribution is 5.84. The zero-order valence-electron chi connectivity index (χ0n) is 11.9. The van der Waals surface area contributed by atoms with E-state index in [4.69, 9.17) is 10.8 Å². The second-order valence-corrected chi connectivity index (χ2v) is 6.44. The summed E-state index contributed by atoms with van der Waals surface area (Å²) in [5.41, 5.74) is 4.78. The van der Waals surface area contributed by atoms with Gasteiger partial charge in [-0.2, -0.15) is 0 Å². The summed E-state index contributed by atoms with van der Waals surface area (Å²) >= 11 is 0. The highest BCUT2D eigenvalue weighted by atomic mass is 16.4. The molecule has 18 heavy (non-hydrogen) atoms. The molecular weight excluding hydrogens is 232 g/mol. The summed E-state index contributed by atoms with van der Waals surface area (Å²) in [4.78, 5) is 24.9. The van der Waals surface area contributed by atoms with E-state index in [9.17, 15) is 9.59 Å². The molecule has 5 nitrogen and oxygen atoms in total. The van der Waals surface area contributed by atoms with Crippen LogP contribution in [0.1, 0.15) is 34.6 Å². The molecule has 1 unspecified atom stereocenters. The van der Waals surface area contributed by atoms with Crippen molar-refractivity contribution in [3.63, 3.8) is 0 Å². The molecule has 0 spiro atoms. The largest absolute Gasteiger partial charge is 0.481 e. The van der Waals surface area contributed by atoms with Gasteiger partial charge in [0.2, 0.25) is 5.91 Å². The van der Waals surface area contributed by atoms with E-state index in [2.05, 4.69) is 0 Å². The van der Waals surface area contributed by atoms with Crippen molar-refractivity contribution >= 4 is 11.9 Å². The number of rotatable bonds is 4. The van der Waals surface area contributed by atoms with Crippen LogP contribution in [-0.4, -0.2) is 40.5 Å². The lowest BCUT2D eigenvalue weighted by Crippen LogP contribution is -2.62. The van der Waals surface area contributed by atoms with Crippen molar-refractivity contribution in [1.82, 2.24) is 4.90 Å². The number of hydrogen-bond donors (Lipinski definition) is 2. The minimum absolute atomic E-state index is 0.00355. The van der Waals surface area contributed by atoms with Crippen molar-refractivity contribution in [1.29, 1.82) is 0 Å². The number of carbonyl (C=O) groups is 2. The molecule has 0 bridgehead atoms. The van der Waals surface area contributed by atoms with Crippen molar-refractivity contribution in [3.05, 3.63) is 0 Å². The first-order valence-corrected chi connectivity index (χ1v) is 6.29. The molecule has 104 valence electrons. The maximum absolute atomic E-state index is 12.3. The van der Waals surface area contributed by atoms with Gasteiger partial charge in [0.05, 0.1) is 11.3 Å². The van der Waals surface area contributed by atoms with Crippen LogP contribution in [0, 0.1) is 17.3 Å². The summed E-state index contributed by atoms with van der Waals surface area (Å²) in [6.07, 6.45) is 0. The Kier molecular flexibility index (Phi) is 3.77. The van der Waals surface area contributed by atoms with Gasteiger partial charge in [0.25, 0.3) is 0 Å². The molecule has 0 aromatic heterocycles. The van der Waals surface area contributed by atoms with Gasteiger partial charge in [0.1, 0.15) is 0 Å². The van der Waals surface area contributed by atoms with Crippen molar-refractivity contribution in [2.75, 3.05) is 13.1 Å². The number of carboxylic acids is 1. The molecule has 3 N–H and O–H groups in total. The maximum Gasteiger partial charge on any atom is 0.306 e. The Morgan fingerprint density at radius 3 is 2.06 bits per heavy atom. The third kappa shape index (κ3) is 2.51. The topological polar surface area (TPSA) is 83.6 Å². The second kappa shape index (κ2) is 4.53. The van der Waals surface area contributed by atoms with E-state index in [1.807, 2.05) is 27.7 Å². The molecule has 0 saturated carbocycles. The number of carbonyl (C=O) groups excluding carboxylic acids is 1. The predicted octanol–water partition coefficient (Wildman–Crippen LogP) is 0.929. The first-order chi connectivity index (χ1) is 7.98. The SMILES string of the molecule is CC(C(=O)O)C1CN(C(=O)C(C)(C)C(C)(C)N)C1. The molecule has 1 atom stereocenters. The summed E-state index contributed by atoms with van der Waals surface area (Å²) in [6.45, 7) is 10.1. The Labute approximate surface area is 108 Å². The van der Waals surface area contributed by atoms with Gasteiger partial charge in [-0.05, 0) is 27.7 Å². The predicted molar refractivity (Wildman–Crippen MR) is 68.9 cm³/mol. The van der Waals surface area contributed by atoms with Gasteiger partial charge in [-0.1, -0.05) is 6.92 Å². The number of aliphatic carboxylic acids is 1. The van der Waals surface area contributed by atoms with E-state index in [-0.39, 0.29) is 11.8 Å². The average molecular weight is 256 g/mol.